The van der Waals surface area contributed by atoms with Crippen molar-refractivity contribution in [1.29, 1.82) is 0 Å². The van der Waals surface area contributed by atoms with Gasteiger partial charge in [-0.05, 0) is 34.0 Å². The van der Waals surface area contributed by atoms with Crippen LogP contribution in [0.5, 0.6) is 0 Å². The number of hydrogen-bond donors (Lipinski definition) is 2. The number of rotatable bonds is 2. The predicted molar refractivity (Wildman–Crippen MR) is 89.5 cm³/mol. The average Bonchev–Trinajstić information content (AvgIpc) is 2.54. The van der Waals surface area contributed by atoms with E-state index < -0.39 is 5.91 Å². The summed E-state index contributed by atoms with van der Waals surface area (Å²) >= 11 is 0. The first-order valence-corrected chi connectivity index (χ1v) is 6.87. The van der Waals surface area contributed by atoms with Crippen LogP contribution in [-0.4, -0.2) is 11.9 Å². The number of fused-ring (bicyclic) bond motifs is 1. The number of guanidine groups is 1. The molecular weight excluding hydrogens is 274 g/mol. The summed E-state index contributed by atoms with van der Waals surface area (Å²) < 4.78 is 0. The highest BCUT2D eigenvalue weighted by atomic mass is 16.1. The summed E-state index contributed by atoms with van der Waals surface area (Å²) in [6, 6.07) is 21.5. The van der Waals surface area contributed by atoms with Crippen LogP contribution in [0.3, 0.4) is 0 Å². The van der Waals surface area contributed by atoms with E-state index in [0.717, 1.165) is 21.9 Å². The molecule has 0 saturated carbocycles. The highest BCUT2D eigenvalue weighted by Crippen LogP contribution is 2.29. The molecule has 0 radical (unpaired) electrons. The molecule has 3 aromatic carbocycles. The van der Waals surface area contributed by atoms with Crippen molar-refractivity contribution in [2.24, 2.45) is 16.5 Å². The van der Waals surface area contributed by atoms with Crippen LogP contribution in [0.2, 0.25) is 0 Å². The molecule has 108 valence electrons. The van der Waals surface area contributed by atoms with Crippen LogP contribution in [0.25, 0.3) is 21.9 Å². The minimum Gasteiger partial charge on any atom is -0.370 e. The molecule has 0 saturated heterocycles. The first-order valence-electron chi connectivity index (χ1n) is 6.87. The molecule has 3 rings (SSSR count). The Kier molecular flexibility index (Phi) is 3.58. The van der Waals surface area contributed by atoms with Gasteiger partial charge in [-0.15, -0.1) is 0 Å². The van der Waals surface area contributed by atoms with Crippen molar-refractivity contribution in [3.8, 4) is 11.1 Å². The maximum Gasteiger partial charge on any atom is 0.280 e. The van der Waals surface area contributed by atoms with Gasteiger partial charge in [0.2, 0.25) is 0 Å². The summed E-state index contributed by atoms with van der Waals surface area (Å²) in [7, 11) is 0. The molecule has 4 nitrogen and oxygen atoms in total. The van der Waals surface area contributed by atoms with Crippen LogP contribution in [0.1, 0.15) is 10.4 Å². The SMILES string of the molecule is NC(N)=NC(=O)c1cccc(-c2cccc3ccccc23)c1. The van der Waals surface area contributed by atoms with Gasteiger partial charge in [-0.25, -0.2) is 0 Å². The second-order valence-electron chi connectivity index (χ2n) is 4.95. The third-order valence-corrected chi connectivity index (χ3v) is 3.44. The van der Waals surface area contributed by atoms with Gasteiger partial charge in [0.15, 0.2) is 5.96 Å². The van der Waals surface area contributed by atoms with E-state index in [0.29, 0.717) is 5.56 Å². The topological polar surface area (TPSA) is 81.5 Å². The first-order chi connectivity index (χ1) is 10.6. The lowest BCUT2D eigenvalue weighted by Crippen LogP contribution is -2.24. The molecule has 0 aliphatic heterocycles. The Labute approximate surface area is 128 Å². The Hall–Kier alpha value is -3.14. The molecule has 0 atom stereocenters. The monoisotopic (exact) mass is 289 g/mol. The first kappa shape index (κ1) is 13.8. The minimum atomic E-state index is -0.443. The smallest absolute Gasteiger partial charge is 0.280 e. The Balaban J connectivity index is 2.12. The molecule has 0 aliphatic carbocycles. The van der Waals surface area contributed by atoms with Gasteiger partial charge in [-0.3, -0.25) is 4.79 Å². The third kappa shape index (κ3) is 2.67. The van der Waals surface area contributed by atoms with E-state index >= 15 is 0 Å². The molecule has 3 aromatic rings. The van der Waals surface area contributed by atoms with E-state index in [1.165, 1.54) is 0 Å². The van der Waals surface area contributed by atoms with Gasteiger partial charge in [-0.2, -0.15) is 4.99 Å². The summed E-state index contributed by atoms with van der Waals surface area (Å²) in [4.78, 5) is 15.5. The molecule has 1 amide bonds. The van der Waals surface area contributed by atoms with E-state index in [9.17, 15) is 4.79 Å². The normalized spacial score (nSPS) is 10.4. The second kappa shape index (κ2) is 5.69. The number of aliphatic imine (C=N–C) groups is 1. The zero-order valence-electron chi connectivity index (χ0n) is 11.9. The molecule has 0 bridgehead atoms. The Morgan fingerprint density at radius 3 is 2.41 bits per heavy atom. The van der Waals surface area contributed by atoms with Gasteiger partial charge in [0.05, 0.1) is 0 Å². The molecule has 4 heteroatoms. The molecular formula is C18H15N3O. The van der Waals surface area contributed by atoms with Crippen LogP contribution in [0.4, 0.5) is 0 Å². The van der Waals surface area contributed by atoms with E-state index in [1.807, 2.05) is 36.4 Å². The Morgan fingerprint density at radius 2 is 1.59 bits per heavy atom. The number of carbonyl (C=O) groups is 1. The van der Waals surface area contributed by atoms with Crippen LogP contribution in [-0.2, 0) is 0 Å². The van der Waals surface area contributed by atoms with Crippen molar-refractivity contribution in [2.75, 3.05) is 0 Å². The standard InChI is InChI=1S/C18H15N3O/c19-18(20)21-17(22)14-8-3-7-13(11-14)16-10-4-6-12-5-1-2-9-15(12)16/h1-11H,(H4,19,20,21,22). The van der Waals surface area contributed by atoms with E-state index in [1.54, 1.807) is 12.1 Å². The number of carbonyl (C=O) groups excluding carboxylic acids is 1. The minimum absolute atomic E-state index is 0.236. The fourth-order valence-electron chi connectivity index (χ4n) is 2.48. The summed E-state index contributed by atoms with van der Waals surface area (Å²) in [5, 5.41) is 2.29. The van der Waals surface area contributed by atoms with Crippen molar-refractivity contribution in [3.63, 3.8) is 0 Å². The number of nitrogens with two attached hydrogens (primary N) is 2. The molecule has 4 N–H and O–H groups in total. The van der Waals surface area contributed by atoms with Crippen LogP contribution < -0.4 is 11.5 Å². The quantitative estimate of drug-likeness (QED) is 0.562. The van der Waals surface area contributed by atoms with Crippen molar-refractivity contribution < 1.29 is 4.79 Å². The molecule has 22 heavy (non-hydrogen) atoms. The highest BCUT2D eigenvalue weighted by Gasteiger charge is 2.08. The summed E-state index contributed by atoms with van der Waals surface area (Å²) in [6.07, 6.45) is 0. The van der Waals surface area contributed by atoms with Crippen molar-refractivity contribution in [2.45, 2.75) is 0 Å². The summed E-state index contributed by atoms with van der Waals surface area (Å²) in [5.74, 6) is -0.678. The lowest BCUT2D eigenvalue weighted by molar-refractivity contribution is 0.100. The Morgan fingerprint density at radius 1 is 0.864 bits per heavy atom. The van der Waals surface area contributed by atoms with Gasteiger partial charge in [0.25, 0.3) is 5.91 Å². The molecule has 0 spiro atoms. The molecule has 0 fully saturated rings. The summed E-state index contributed by atoms with van der Waals surface area (Å²) in [6.45, 7) is 0. The molecule has 0 aromatic heterocycles. The third-order valence-electron chi connectivity index (χ3n) is 3.44. The maximum absolute atomic E-state index is 12.0. The number of amides is 1. The van der Waals surface area contributed by atoms with Gasteiger partial charge < -0.3 is 11.5 Å². The van der Waals surface area contributed by atoms with Gasteiger partial charge in [0, 0.05) is 5.56 Å². The second-order valence-corrected chi connectivity index (χ2v) is 4.95. The zero-order valence-corrected chi connectivity index (χ0v) is 11.9. The fourth-order valence-corrected chi connectivity index (χ4v) is 2.48. The Bertz CT molecular complexity index is 875. The van der Waals surface area contributed by atoms with Crippen LogP contribution >= 0.6 is 0 Å². The average molecular weight is 289 g/mol. The van der Waals surface area contributed by atoms with Gasteiger partial charge >= 0.3 is 0 Å². The predicted octanol–water partition coefficient (Wildman–Crippen LogP) is 2.92. The van der Waals surface area contributed by atoms with Crippen LogP contribution in [0.15, 0.2) is 71.7 Å². The lowest BCUT2D eigenvalue weighted by Gasteiger charge is -2.08. The van der Waals surface area contributed by atoms with E-state index in [2.05, 4.69) is 23.2 Å². The molecule has 0 unspecified atom stereocenters. The highest BCUT2D eigenvalue weighted by molar-refractivity contribution is 6.03. The largest absolute Gasteiger partial charge is 0.370 e. The molecule has 0 aliphatic rings. The molecule has 0 heterocycles. The van der Waals surface area contributed by atoms with Gasteiger partial charge in [0.1, 0.15) is 0 Å². The van der Waals surface area contributed by atoms with Gasteiger partial charge in [-0.1, -0.05) is 54.6 Å². The number of nitrogens with zero attached hydrogens (tertiary/aromatic N) is 1. The van der Waals surface area contributed by atoms with Crippen molar-refractivity contribution in [3.05, 3.63) is 72.3 Å². The van der Waals surface area contributed by atoms with Crippen LogP contribution in [0, 0.1) is 0 Å². The fraction of sp³-hybridized carbons (Fsp3) is 0. The van der Waals surface area contributed by atoms with Crippen molar-refractivity contribution >= 4 is 22.6 Å². The number of hydrogen-bond acceptors (Lipinski definition) is 1. The van der Waals surface area contributed by atoms with E-state index in [4.69, 9.17) is 11.5 Å². The maximum atomic E-state index is 12.0. The van der Waals surface area contributed by atoms with Crippen molar-refractivity contribution in [1.82, 2.24) is 0 Å². The summed E-state index contributed by atoms with van der Waals surface area (Å²) in [5.41, 5.74) is 13.0. The number of benzene rings is 3. The zero-order chi connectivity index (χ0) is 15.5. The lowest BCUT2D eigenvalue weighted by atomic mass is 9.97. The van der Waals surface area contributed by atoms with E-state index in [-0.39, 0.29) is 5.96 Å².